The summed E-state index contributed by atoms with van der Waals surface area (Å²) >= 11 is 2.46. The minimum Gasteiger partial charge on any atom is -0.301 e. The Morgan fingerprint density at radius 3 is 2.90 bits per heavy atom. The number of nitrogens with zero attached hydrogens (tertiary/aromatic N) is 2. The number of sulfonamides is 1. The van der Waals surface area contributed by atoms with Crippen molar-refractivity contribution in [1.82, 2.24) is 14.9 Å². The van der Waals surface area contributed by atoms with E-state index in [1.54, 1.807) is 11.3 Å². The topological polar surface area (TPSA) is 101 Å². The summed E-state index contributed by atoms with van der Waals surface area (Å²) in [6.07, 6.45) is 0.789. The fourth-order valence-electron chi connectivity index (χ4n) is 1.91. The van der Waals surface area contributed by atoms with Gasteiger partial charge in [-0.3, -0.25) is 4.79 Å². The lowest BCUT2D eigenvalue weighted by atomic mass is 10.3. The van der Waals surface area contributed by atoms with Crippen LogP contribution in [0.3, 0.4) is 0 Å². The van der Waals surface area contributed by atoms with E-state index in [2.05, 4.69) is 20.2 Å². The third kappa shape index (κ3) is 3.28. The van der Waals surface area contributed by atoms with Gasteiger partial charge in [0.25, 0.3) is 10.0 Å². The molecule has 10 heteroatoms. The highest BCUT2D eigenvalue weighted by Gasteiger charge is 2.42. The molecule has 0 radical (unpaired) electrons. The molecule has 1 aliphatic rings. The largest absolute Gasteiger partial charge is 0.301 e. The lowest BCUT2D eigenvalue weighted by molar-refractivity contribution is -0.114. The number of nitrogens with one attached hydrogen (secondary N) is 2. The number of anilines is 1. The molecule has 2 aromatic rings. The predicted octanol–water partition coefficient (Wildman–Crippen LogP) is 1.39. The van der Waals surface area contributed by atoms with Gasteiger partial charge in [0.2, 0.25) is 15.4 Å². The van der Waals surface area contributed by atoms with Gasteiger partial charge in [0.05, 0.1) is 0 Å². The molecule has 112 valence electrons. The number of amides is 1. The number of rotatable bonds is 5. The van der Waals surface area contributed by atoms with Crippen molar-refractivity contribution in [3.05, 3.63) is 22.4 Å². The Balaban J connectivity index is 1.67. The average molecular weight is 344 g/mol. The van der Waals surface area contributed by atoms with Gasteiger partial charge in [-0.25, -0.2) is 13.1 Å². The van der Waals surface area contributed by atoms with Crippen LogP contribution in [0.15, 0.2) is 21.9 Å². The van der Waals surface area contributed by atoms with E-state index in [0.29, 0.717) is 0 Å². The lowest BCUT2D eigenvalue weighted by Crippen LogP contribution is -2.26. The van der Waals surface area contributed by atoms with Crippen molar-refractivity contribution < 1.29 is 13.2 Å². The summed E-state index contributed by atoms with van der Waals surface area (Å²) in [5.41, 5.74) is 0. The van der Waals surface area contributed by atoms with Crippen molar-refractivity contribution in [2.75, 3.05) is 5.32 Å². The minimum atomic E-state index is -3.69. The molecule has 1 fully saturated rings. The van der Waals surface area contributed by atoms with E-state index in [4.69, 9.17) is 0 Å². The smallest absolute Gasteiger partial charge is 0.270 e. The lowest BCUT2D eigenvalue weighted by Gasteiger charge is -2.01. The minimum absolute atomic E-state index is 0.0956. The molecule has 21 heavy (non-hydrogen) atoms. The first-order valence-electron chi connectivity index (χ1n) is 6.12. The normalized spacial score (nSPS) is 21.2. The van der Waals surface area contributed by atoms with Crippen molar-refractivity contribution in [3.8, 4) is 0 Å². The molecule has 1 aliphatic carbocycles. The first kappa shape index (κ1) is 14.6. The summed E-state index contributed by atoms with van der Waals surface area (Å²) < 4.78 is 26.9. The van der Waals surface area contributed by atoms with E-state index in [1.807, 2.05) is 17.5 Å². The second-order valence-corrected chi connectivity index (χ2v) is 8.48. The molecule has 0 bridgehead atoms. The Kier molecular flexibility index (Phi) is 3.78. The van der Waals surface area contributed by atoms with Gasteiger partial charge in [0.15, 0.2) is 0 Å². The molecule has 2 unspecified atom stereocenters. The molecule has 2 N–H and O–H groups in total. The van der Waals surface area contributed by atoms with Gasteiger partial charge in [-0.05, 0) is 17.9 Å². The van der Waals surface area contributed by atoms with Gasteiger partial charge in [-0.15, -0.1) is 21.5 Å². The molecule has 2 aromatic heterocycles. The summed E-state index contributed by atoms with van der Waals surface area (Å²) in [6.45, 7) is 1.32. The molecule has 0 spiro atoms. The van der Waals surface area contributed by atoms with Crippen molar-refractivity contribution in [1.29, 1.82) is 0 Å². The number of carbonyl (C=O) groups excluding carboxylic acids is 1. The second-order valence-electron chi connectivity index (χ2n) is 4.64. The van der Waals surface area contributed by atoms with E-state index in [-0.39, 0.29) is 27.3 Å². The predicted molar refractivity (Wildman–Crippen MR) is 80.0 cm³/mol. The highest BCUT2D eigenvalue weighted by Crippen LogP contribution is 2.43. The second kappa shape index (κ2) is 5.44. The van der Waals surface area contributed by atoms with Crippen LogP contribution in [0.1, 0.15) is 24.1 Å². The third-order valence-electron chi connectivity index (χ3n) is 2.92. The van der Waals surface area contributed by atoms with E-state index in [0.717, 1.165) is 17.8 Å². The van der Waals surface area contributed by atoms with E-state index < -0.39 is 10.0 Å². The summed E-state index contributed by atoms with van der Waals surface area (Å²) in [5, 5.41) is 11.8. The van der Waals surface area contributed by atoms with Crippen LogP contribution < -0.4 is 10.0 Å². The summed E-state index contributed by atoms with van der Waals surface area (Å²) in [5.74, 6) is -0.0782. The van der Waals surface area contributed by atoms with Crippen molar-refractivity contribution in [3.63, 3.8) is 0 Å². The molecule has 2 heterocycles. The monoisotopic (exact) mass is 344 g/mol. The average Bonchev–Trinajstić information content (AvgIpc) is 2.86. The standard InChI is InChI=1S/C11H12N4O3S3/c1-6(16)12-10-13-14-11(20-10)21(17,18)15-8-5-7(8)9-3-2-4-19-9/h2-4,7-8,15H,5H2,1H3,(H,12,13,16). The molecule has 3 rings (SSSR count). The number of hydrogen-bond donors (Lipinski definition) is 2. The van der Waals surface area contributed by atoms with Gasteiger partial charge < -0.3 is 5.32 Å². The van der Waals surface area contributed by atoms with E-state index >= 15 is 0 Å². The van der Waals surface area contributed by atoms with Gasteiger partial charge in [-0.2, -0.15) is 0 Å². The molecule has 0 aliphatic heterocycles. The molecule has 0 saturated heterocycles. The Labute approximate surface area is 129 Å². The number of carbonyl (C=O) groups is 1. The molecule has 7 nitrogen and oxygen atoms in total. The van der Waals surface area contributed by atoms with Gasteiger partial charge in [0.1, 0.15) is 0 Å². The zero-order valence-corrected chi connectivity index (χ0v) is 13.4. The molecule has 0 aromatic carbocycles. The molecular formula is C11H12N4O3S3. The first-order valence-corrected chi connectivity index (χ1v) is 9.30. The first-order chi connectivity index (χ1) is 9.95. The summed E-state index contributed by atoms with van der Waals surface area (Å²) in [6, 6.07) is 3.86. The molecule has 2 atom stereocenters. The number of aromatic nitrogens is 2. The van der Waals surface area contributed by atoms with Crippen molar-refractivity contribution in [2.24, 2.45) is 0 Å². The fourth-order valence-corrected chi connectivity index (χ4v) is 5.07. The summed E-state index contributed by atoms with van der Waals surface area (Å²) in [7, 11) is -3.69. The molecule has 1 amide bonds. The fraction of sp³-hybridized carbons (Fsp3) is 0.364. The maximum atomic E-state index is 12.2. The Hall–Kier alpha value is -1.36. The number of hydrogen-bond acceptors (Lipinski definition) is 7. The molecular weight excluding hydrogens is 332 g/mol. The molecule has 1 saturated carbocycles. The van der Waals surface area contributed by atoms with Gasteiger partial charge in [0, 0.05) is 23.8 Å². The van der Waals surface area contributed by atoms with Crippen LogP contribution in [0, 0.1) is 0 Å². The van der Waals surface area contributed by atoms with Crippen LogP contribution in [0.25, 0.3) is 0 Å². The van der Waals surface area contributed by atoms with Crippen LogP contribution in [0.2, 0.25) is 0 Å². The SMILES string of the molecule is CC(=O)Nc1nnc(S(=O)(=O)NC2CC2c2cccs2)s1. The van der Waals surface area contributed by atoms with Crippen LogP contribution in [-0.2, 0) is 14.8 Å². The zero-order chi connectivity index (χ0) is 15.0. The highest BCUT2D eigenvalue weighted by molar-refractivity contribution is 7.91. The van der Waals surface area contributed by atoms with E-state index in [9.17, 15) is 13.2 Å². The van der Waals surface area contributed by atoms with Crippen molar-refractivity contribution in [2.45, 2.75) is 29.6 Å². The quantitative estimate of drug-likeness (QED) is 0.798. The van der Waals surface area contributed by atoms with Gasteiger partial charge >= 0.3 is 0 Å². The Bertz CT molecular complexity index is 754. The van der Waals surface area contributed by atoms with Crippen molar-refractivity contribution >= 4 is 43.7 Å². The van der Waals surface area contributed by atoms with Crippen LogP contribution in [0.5, 0.6) is 0 Å². The van der Waals surface area contributed by atoms with Crippen LogP contribution in [-0.4, -0.2) is 30.6 Å². The number of thiophene rings is 1. The van der Waals surface area contributed by atoms with E-state index in [1.165, 1.54) is 11.8 Å². The van der Waals surface area contributed by atoms with Crippen LogP contribution >= 0.6 is 22.7 Å². The maximum Gasteiger partial charge on any atom is 0.270 e. The Morgan fingerprint density at radius 1 is 1.43 bits per heavy atom. The van der Waals surface area contributed by atoms with Gasteiger partial charge in [-0.1, -0.05) is 17.4 Å². The maximum absolute atomic E-state index is 12.2. The van der Waals surface area contributed by atoms with Crippen LogP contribution in [0.4, 0.5) is 5.13 Å². The zero-order valence-electron chi connectivity index (χ0n) is 10.9. The summed E-state index contributed by atoms with van der Waals surface area (Å²) in [4.78, 5) is 12.1. The highest BCUT2D eigenvalue weighted by atomic mass is 32.2. The third-order valence-corrected chi connectivity index (χ3v) is 6.63. The Morgan fingerprint density at radius 2 is 2.24 bits per heavy atom.